The van der Waals surface area contributed by atoms with Gasteiger partial charge < -0.3 is 9.84 Å². The molecule has 2 fully saturated rings. The summed E-state index contributed by atoms with van der Waals surface area (Å²) >= 11 is 0. The van der Waals surface area contributed by atoms with Gasteiger partial charge in [-0.25, -0.2) is 4.79 Å². The minimum absolute atomic E-state index is 0.176. The second kappa shape index (κ2) is 8.53. The normalized spacial score (nSPS) is 23.8. The van der Waals surface area contributed by atoms with Crippen LogP contribution in [-0.4, -0.2) is 34.7 Å². The average Bonchev–Trinajstić information content (AvgIpc) is 3.41. The van der Waals surface area contributed by atoms with E-state index in [1.54, 1.807) is 24.3 Å². The van der Waals surface area contributed by atoms with Gasteiger partial charge in [0.05, 0.1) is 0 Å². The first-order valence-electron chi connectivity index (χ1n) is 11.4. The predicted molar refractivity (Wildman–Crippen MR) is 124 cm³/mol. The number of hydrogen-bond acceptors (Lipinski definition) is 4. The molecule has 0 aromatic heterocycles. The Labute approximate surface area is 189 Å². The van der Waals surface area contributed by atoms with Crippen molar-refractivity contribution >= 4 is 5.97 Å². The van der Waals surface area contributed by atoms with Gasteiger partial charge in [-0.3, -0.25) is 4.90 Å². The molecule has 3 unspecified atom stereocenters. The van der Waals surface area contributed by atoms with E-state index in [-0.39, 0.29) is 18.2 Å². The van der Waals surface area contributed by atoms with Crippen molar-refractivity contribution in [2.45, 2.75) is 43.6 Å². The van der Waals surface area contributed by atoms with Crippen LogP contribution >= 0.6 is 0 Å². The maximum Gasteiger partial charge on any atom is 0.348 e. The molecule has 3 aromatic rings. The first-order valence-corrected chi connectivity index (χ1v) is 11.4. The summed E-state index contributed by atoms with van der Waals surface area (Å²) in [5.41, 5.74) is 0.489. The summed E-state index contributed by atoms with van der Waals surface area (Å²) in [6.45, 7) is 3.13. The second-order valence-corrected chi connectivity index (χ2v) is 9.00. The fourth-order valence-electron chi connectivity index (χ4n) is 5.50. The zero-order valence-electron chi connectivity index (χ0n) is 18.3. The fraction of sp³-hybridized carbons (Fsp3) is 0.321. The average molecular weight is 428 g/mol. The number of aliphatic hydroxyl groups is 1. The van der Waals surface area contributed by atoms with Gasteiger partial charge in [-0.2, -0.15) is 0 Å². The molecular weight excluding hydrogens is 398 g/mol. The second-order valence-electron chi connectivity index (χ2n) is 9.00. The number of carbonyl (C=O) groups is 1. The number of hydrogen-bond donors (Lipinski definition) is 1. The number of piperidine rings is 1. The molecule has 1 aliphatic heterocycles. The minimum Gasteiger partial charge on any atom is -0.458 e. The monoisotopic (exact) mass is 427 g/mol. The third-order valence-corrected chi connectivity index (χ3v) is 7.25. The molecule has 5 rings (SSSR count). The van der Waals surface area contributed by atoms with Crippen molar-refractivity contribution in [2.75, 3.05) is 6.54 Å². The van der Waals surface area contributed by atoms with Crippen molar-refractivity contribution in [2.24, 2.45) is 5.92 Å². The standard InChI is InChI=1S/C28H29NO3/c1-20(21-11-5-2-6-12-21)29-19-22-17-18-25(29)26(22)32-27(30)28(31,23-13-7-3-8-14-23)24-15-9-4-10-16-24/h2-16,20,22,25-26,31H,17-19H2,1H3/t20?,22?,25-,26?/m0/s1. The van der Waals surface area contributed by atoms with Crippen LogP contribution in [-0.2, 0) is 15.1 Å². The fourth-order valence-corrected chi connectivity index (χ4v) is 5.50. The molecule has 0 amide bonds. The first kappa shape index (κ1) is 20.9. The molecule has 32 heavy (non-hydrogen) atoms. The zero-order chi connectivity index (χ0) is 22.1. The molecule has 2 aliphatic rings. The van der Waals surface area contributed by atoms with Gasteiger partial charge in [-0.05, 0) is 36.5 Å². The molecule has 1 saturated heterocycles. The lowest BCUT2D eigenvalue weighted by atomic mass is 9.86. The van der Waals surface area contributed by atoms with Crippen LogP contribution in [0.2, 0.25) is 0 Å². The van der Waals surface area contributed by atoms with Crippen LogP contribution in [0.5, 0.6) is 0 Å². The molecule has 4 nitrogen and oxygen atoms in total. The topological polar surface area (TPSA) is 49.8 Å². The lowest BCUT2D eigenvalue weighted by Crippen LogP contribution is -2.43. The molecule has 0 radical (unpaired) electrons. The highest BCUT2D eigenvalue weighted by Gasteiger charge is 2.53. The maximum atomic E-state index is 13.6. The van der Waals surface area contributed by atoms with E-state index >= 15 is 0 Å². The van der Waals surface area contributed by atoms with Crippen molar-refractivity contribution < 1.29 is 14.6 Å². The molecule has 1 aliphatic carbocycles. The van der Waals surface area contributed by atoms with Gasteiger partial charge in [-0.1, -0.05) is 91.0 Å². The van der Waals surface area contributed by atoms with Crippen LogP contribution in [0.25, 0.3) is 0 Å². The molecule has 2 bridgehead atoms. The van der Waals surface area contributed by atoms with Crippen LogP contribution in [0.15, 0.2) is 91.0 Å². The summed E-state index contributed by atoms with van der Waals surface area (Å²) in [4.78, 5) is 16.1. The Bertz CT molecular complexity index is 1010. The third-order valence-electron chi connectivity index (χ3n) is 7.25. The number of ether oxygens (including phenoxy) is 1. The molecule has 3 aromatic carbocycles. The quantitative estimate of drug-likeness (QED) is 0.580. The van der Waals surface area contributed by atoms with Crippen LogP contribution in [0.4, 0.5) is 0 Å². The Morgan fingerprint density at radius 2 is 1.44 bits per heavy atom. The van der Waals surface area contributed by atoms with E-state index in [1.165, 1.54) is 5.56 Å². The van der Waals surface area contributed by atoms with E-state index in [4.69, 9.17) is 4.74 Å². The number of rotatable bonds is 6. The Morgan fingerprint density at radius 3 is 2.00 bits per heavy atom. The van der Waals surface area contributed by atoms with Gasteiger partial charge in [0, 0.05) is 24.5 Å². The van der Waals surface area contributed by atoms with Gasteiger partial charge in [-0.15, -0.1) is 0 Å². The van der Waals surface area contributed by atoms with Crippen molar-refractivity contribution in [3.63, 3.8) is 0 Å². The lowest BCUT2D eigenvalue weighted by Gasteiger charge is -2.33. The first-order chi connectivity index (χ1) is 15.6. The van der Waals surface area contributed by atoms with Crippen LogP contribution < -0.4 is 0 Å². The number of benzene rings is 3. The summed E-state index contributed by atoms with van der Waals surface area (Å²) in [6, 6.07) is 29.1. The van der Waals surface area contributed by atoms with Crippen molar-refractivity contribution in [3.8, 4) is 0 Å². The number of esters is 1. The van der Waals surface area contributed by atoms with Crippen LogP contribution in [0, 0.1) is 5.92 Å². The van der Waals surface area contributed by atoms with E-state index in [0.717, 1.165) is 19.4 Å². The number of nitrogens with zero attached hydrogens (tertiary/aromatic N) is 1. The molecule has 4 atom stereocenters. The van der Waals surface area contributed by atoms with Crippen molar-refractivity contribution in [1.29, 1.82) is 0 Å². The molecule has 1 N–H and O–H groups in total. The van der Waals surface area contributed by atoms with Gasteiger partial charge in [0.1, 0.15) is 6.10 Å². The number of carbonyl (C=O) groups excluding carboxylic acids is 1. The summed E-state index contributed by atoms with van der Waals surface area (Å²) in [5, 5.41) is 11.7. The van der Waals surface area contributed by atoms with Crippen LogP contribution in [0.1, 0.15) is 42.5 Å². The highest BCUT2D eigenvalue weighted by molar-refractivity contribution is 5.85. The SMILES string of the molecule is CC(c1ccccc1)N1CC2CC[C@H]1C2OC(=O)C(O)(c1ccccc1)c1ccccc1. The molecule has 164 valence electrons. The summed E-state index contributed by atoms with van der Waals surface area (Å²) in [6.07, 6.45) is 1.86. The molecular formula is C28H29NO3. The zero-order valence-corrected chi connectivity index (χ0v) is 18.3. The Balaban J connectivity index is 1.41. The minimum atomic E-state index is -1.83. The highest BCUT2D eigenvalue weighted by Crippen LogP contribution is 2.45. The van der Waals surface area contributed by atoms with Gasteiger partial charge in [0.25, 0.3) is 0 Å². The Kier molecular flexibility index (Phi) is 5.58. The Hall–Kier alpha value is -2.95. The van der Waals surface area contributed by atoms with Crippen LogP contribution in [0.3, 0.4) is 0 Å². The van der Waals surface area contributed by atoms with Gasteiger partial charge in [0.15, 0.2) is 0 Å². The van der Waals surface area contributed by atoms with E-state index < -0.39 is 11.6 Å². The lowest BCUT2D eigenvalue weighted by molar-refractivity contribution is -0.169. The largest absolute Gasteiger partial charge is 0.458 e. The number of fused-ring (bicyclic) bond motifs is 2. The van der Waals surface area contributed by atoms with E-state index in [0.29, 0.717) is 17.0 Å². The Morgan fingerprint density at radius 1 is 0.906 bits per heavy atom. The summed E-state index contributed by atoms with van der Waals surface area (Å²) in [5.74, 6) is -0.295. The van der Waals surface area contributed by atoms with E-state index in [1.807, 2.05) is 42.5 Å². The third kappa shape index (κ3) is 3.54. The van der Waals surface area contributed by atoms with E-state index in [9.17, 15) is 9.90 Å². The molecule has 4 heteroatoms. The highest BCUT2D eigenvalue weighted by atomic mass is 16.6. The van der Waals surface area contributed by atoms with Crippen molar-refractivity contribution in [1.82, 2.24) is 4.90 Å². The smallest absolute Gasteiger partial charge is 0.348 e. The predicted octanol–water partition coefficient (Wildman–Crippen LogP) is 4.69. The molecule has 1 heterocycles. The molecule has 0 spiro atoms. The summed E-state index contributed by atoms with van der Waals surface area (Å²) in [7, 11) is 0. The summed E-state index contributed by atoms with van der Waals surface area (Å²) < 4.78 is 6.16. The van der Waals surface area contributed by atoms with E-state index in [2.05, 4.69) is 36.1 Å². The maximum absolute atomic E-state index is 13.6. The van der Waals surface area contributed by atoms with Crippen molar-refractivity contribution in [3.05, 3.63) is 108 Å². The molecule has 1 saturated carbocycles. The number of likely N-dealkylation sites (tertiary alicyclic amines) is 1. The van der Waals surface area contributed by atoms with Gasteiger partial charge >= 0.3 is 5.97 Å². The van der Waals surface area contributed by atoms with Gasteiger partial charge in [0.2, 0.25) is 5.60 Å².